The number of aromatic nitrogens is 1. The van der Waals surface area contributed by atoms with Crippen molar-refractivity contribution in [2.24, 2.45) is 4.99 Å². The first-order valence-corrected chi connectivity index (χ1v) is 16.1. The lowest BCUT2D eigenvalue weighted by Crippen LogP contribution is -2.38. The normalized spacial score (nSPS) is 15.4. The van der Waals surface area contributed by atoms with Crippen LogP contribution in [0.5, 0.6) is 23.0 Å². The molecule has 0 saturated heterocycles. The number of hydrogen-bond acceptors (Lipinski definition) is 7. The maximum absolute atomic E-state index is 14.2. The van der Waals surface area contributed by atoms with Gasteiger partial charge in [0.2, 0.25) is 0 Å². The highest BCUT2D eigenvalue weighted by atomic mass is 35.5. The van der Waals surface area contributed by atoms with E-state index in [0.29, 0.717) is 44.0 Å². The van der Waals surface area contributed by atoms with Gasteiger partial charge in [0.05, 0.1) is 37.6 Å². The quantitative estimate of drug-likeness (QED) is 0.190. The van der Waals surface area contributed by atoms with E-state index in [1.807, 2.05) is 77.4 Å². The number of fused-ring (bicyclic) bond motifs is 3. The summed E-state index contributed by atoms with van der Waals surface area (Å²) in [5.41, 5.74) is 7.09. The minimum absolute atomic E-state index is 0.101. The Hall–Kier alpha value is -4.79. The van der Waals surface area contributed by atoms with Crippen LogP contribution in [0.3, 0.4) is 0 Å². The fourth-order valence-electron chi connectivity index (χ4n) is 6.13. The summed E-state index contributed by atoms with van der Waals surface area (Å²) in [4.78, 5) is 20.0. The van der Waals surface area contributed by atoms with E-state index in [2.05, 4.69) is 18.2 Å². The summed E-state index contributed by atoms with van der Waals surface area (Å²) in [7, 11) is 4.84. The molecule has 4 aromatic carbocycles. The number of methoxy groups -OCH3 is 3. The van der Waals surface area contributed by atoms with Gasteiger partial charge in [-0.1, -0.05) is 71.5 Å². The zero-order chi connectivity index (χ0) is 31.8. The van der Waals surface area contributed by atoms with Gasteiger partial charge in [-0.15, -0.1) is 0 Å². The van der Waals surface area contributed by atoms with Gasteiger partial charge in [0.1, 0.15) is 6.61 Å². The number of nitrogens with zero attached hydrogens (tertiary/aromatic N) is 2. The summed E-state index contributed by atoms with van der Waals surface area (Å²) in [5.74, 6) is 2.43. The van der Waals surface area contributed by atoms with E-state index < -0.39 is 0 Å². The van der Waals surface area contributed by atoms with E-state index in [1.54, 1.807) is 21.3 Å². The number of allylic oxidation sites excluding steroid dienone is 1. The van der Waals surface area contributed by atoms with Crippen molar-refractivity contribution in [3.8, 4) is 23.0 Å². The van der Waals surface area contributed by atoms with E-state index in [9.17, 15) is 4.79 Å². The van der Waals surface area contributed by atoms with Crippen LogP contribution in [0.1, 0.15) is 40.3 Å². The minimum Gasteiger partial charge on any atom is -0.493 e. The molecule has 1 atom stereocenters. The molecule has 0 amide bonds. The fraction of sp³-hybridized carbons (Fsp3) is 0.189. The zero-order valence-electron chi connectivity index (χ0n) is 25.6. The number of rotatable bonds is 8. The number of aryl methyl sites for hydroxylation is 1. The maximum atomic E-state index is 14.2. The van der Waals surface area contributed by atoms with Crippen LogP contribution in [0.15, 0.2) is 100 Å². The van der Waals surface area contributed by atoms with E-state index >= 15 is 0 Å². The molecule has 5 aromatic rings. The van der Waals surface area contributed by atoms with Gasteiger partial charge in [0, 0.05) is 10.6 Å². The molecule has 2 heterocycles. The topological polar surface area (TPSA) is 71.3 Å². The van der Waals surface area contributed by atoms with Crippen molar-refractivity contribution >= 4 is 34.7 Å². The van der Waals surface area contributed by atoms with E-state index in [4.69, 9.17) is 35.5 Å². The van der Waals surface area contributed by atoms with Crippen molar-refractivity contribution in [1.82, 2.24) is 4.57 Å². The lowest BCUT2D eigenvalue weighted by atomic mass is 9.83. The predicted octanol–water partition coefficient (Wildman–Crippen LogP) is 6.58. The Kier molecular flexibility index (Phi) is 8.15. The summed E-state index contributed by atoms with van der Waals surface area (Å²) in [6.07, 6.45) is 3.57. The van der Waals surface area contributed by atoms with Gasteiger partial charge in [0.15, 0.2) is 27.8 Å². The van der Waals surface area contributed by atoms with Crippen molar-refractivity contribution in [2.45, 2.75) is 25.5 Å². The van der Waals surface area contributed by atoms with Gasteiger partial charge >= 0.3 is 0 Å². The van der Waals surface area contributed by atoms with Crippen LogP contribution in [-0.2, 0) is 13.0 Å². The fourth-order valence-corrected chi connectivity index (χ4v) is 7.26. The molecule has 9 heteroatoms. The average Bonchev–Trinajstić information content (AvgIpc) is 3.40. The monoisotopic (exact) mass is 650 g/mol. The van der Waals surface area contributed by atoms with Gasteiger partial charge in [-0.25, -0.2) is 4.99 Å². The van der Waals surface area contributed by atoms with Crippen LogP contribution in [-0.4, -0.2) is 25.9 Å². The highest BCUT2D eigenvalue weighted by Gasteiger charge is 2.33. The van der Waals surface area contributed by atoms with E-state index in [-0.39, 0.29) is 11.6 Å². The summed E-state index contributed by atoms with van der Waals surface area (Å²) in [6, 6.07) is 27.1. The van der Waals surface area contributed by atoms with Gasteiger partial charge < -0.3 is 18.9 Å². The highest BCUT2D eigenvalue weighted by Crippen LogP contribution is 2.43. The van der Waals surface area contributed by atoms with Crippen LogP contribution < -0.4 is 33.8 Å². The molecule has 7 rings (SSSR count). The summed E-state index contributed by atoms with van der Waals surface area (Å²) < 4.78 is 25.3. The molecule has 0 unspecified atom stereocenters. The molecule has 46 heavy (non-hydrogen) atoms. The number of thiazole rings is 1. The Morgan fingerprint density at radius 3 is 2.39 bits per heavy atom. The number of benzene rings is 4. The highest BCUT2D eigenvalue weighted by molar-refractivity contribution is 7.07. The Morgan fingerprint density at radius 1 is 0.870 bits per heavy atom. The molecule has 0 bridgehead atoms. The lowest BCUT2D eigenvalue weighted by Gasteiger charge is -2.31. The van der Waals surface area contributed by atoms with Crippen molar-refractivity contribution in [3.63, 3.8) is 0 Å². The second-order valence-electron chi connectivity index (χ2n) is 11.1. The number of hydrogen-bond donors (Lipinski definition) is 0. The largest absolute Gasteiger partial charge is 0.493 e. The molecule has 232 valence electrons. The molecule has 1 aromatic heterocycles. The third-order valence-corrected chi connectivity index (χ3v) is 9.62. The second kappa shape index (κ2) is 12.5. The molecule has 0 radical (unpaired) electrons. The zero-order valence-corrected chi connectivity index (χ0v) is 27.2. The Morgan fingerprint density at radius 2 is 1.61 bits per heavy atom. The van der Waals surface area contributed by atoms with E-state index in [1.165, 1.54) is 16.9 Å². The van der Waals surface area contributed by atoms with Crippen LogP contribution >= 0.6 is 22.9 Å². The third kappa shape index (κ3) is 5.48. The Labute approximate surface area is 275 Å². The summed E-state index contributed by atoms with van der Waals surface area (Å²) >= 11 is 7.40. The van der Waals surface area contributed by atoms with Crippen LogP contribution in [0.25, 0.3) is 11.8 Å². The molecular formula is C37H31ClN2O5S. The van der Waals surface area contributed by atoms with Gasteiger partial charge in [0.25, 0.3) is 5.56 Å². The first-order valence-electron chi connectivity index (χ1n) is 14.9. The number of ether oxygens (including phenoxy) is 4. The predicted molar refractivity (Wildman–Crippen MR) is 181 cm³/mol. The SMILES string of the molecule is COc1ccc([C@@H]2C3=C(N=c4s/c(=C\c5ccc(OCc6ccc(Cl)cc6)c(OC)c5)c(=O)n42)c2ccccc2CC3)cc1OC. The van der Waals surface area contributed by atoms with Crippen LogP contribution in [0.4, 0.5) is 0 Å². The lowest BCUT2D eigenvalue weighted by molar-refractivity contribution is 0.284. The molecule has 0 saturated carbocycles. The second-order valence-corrected chi connectivity index (χ2v) is 12.5. The van der Waals surface area contributed by atoms with Gasteiger partial charge in [-0.05, 0) is 83.1 Å². The molecule has 1 aliphatic carbocycles. The van der Waals surface area contributed by atoms with Crippen LogP contribution in [0, 0.1) is 0 Å². The van der Waals surface area contributed by atoms with Crippen molar-refractivity contribution in [3.05, 3.63) is 143 Å². The maximum Gasteiger partial charge on any atom is 0.271 e. The van der Waals surface area contributed by atoms with Crippen molar-refractivity contribution < 1.29 is 18.9 Å². The van der Waals surface area contributed by atoms with Gasteiger partial charge in [-0.3, -0.25) is 9.36 Å². The Balaban J connectivity index is 1.32. The van der Waals surface area contributed by atoms with Crippen molar-refractivity contribution in [2.75, 3.05) is 21.3 Å². The first kappa shape index (κ1) is 29.9. The van der Waals surface area contributed by atoms with Gasteiger partial charge in [-0.2, -0.15) is 0 Å². The third-order valence-electron chi connectivity index (χ3n) is 8.39. The molecule has 7 nitrogen and oxygen atoms in total. The average molecular weight is 651 g/mol. The molecule has 0 N–H and O–H groups in total. The molecule has 0 spiro atoms. The molecule has 2 aliphatic rings. The Bertz CT molecular complexity index is 2170. The summed E-state index contributed by atoms with van der Waals surface area (Å²) in [5, 5.41) is 0.677. The molecule has 0 fully saturated rings. The van der Waals surface area contributed by atoms with Crippen molar-refractivity contribution in [1.29, 1.82) is 0 Å². The standard InChI is InChI=1S/C37H31ClN2O5S/c1-42-29-17-12-25(20-32(29)44-3)35-28-15-11-24-6-4-5-7-27(24)34(28)39-37-40(35)36(41)33(46-37)19-23-10-16-30(31(18-23)43-2)45-21-22-8-13-26(38)14-9-22/h4-10,12-14,16-20,35H,11,15,21H2,1-3H3/b33-19-/t35-/m1/s1. The molecule has 1 aliphatic heterocycles. The smallest absolute Gasteiger partial charge is 0.271 e. The minimum atomic E-state index is -0.334. The molecular weight excluding hydrogens is 620 g/mol. The van der Waals surface area contributed by atoms with E-state index in [0.717, 1.165) is 46.4 Å². The van der Waals surface area contributed by atoms with Crippen LogP contribution in [0.2, 0.25) is 5.02 Å². The summed E-state index contributed by atoms with van der Waals surface area (Å²) in [6.45, 7) is 0.370. The number of halogens is 1. The first-order chi connectivity index (χ1) is 22.5.